The quantitative estimate of drug-likeness (QED) is 0.734. The number of rotatable bonds is 5. The zero-order chi connectivity index (χ0) is 10.4. The van der Waals surface area contributed by atoms with Crippen LogP contribution >= 0.6 is 0 Å². The van der Waals surface area contributed by atoms with Gasteiger partial charge in [-0.25, -0.2) is 0 Å². The van der Waals surface area contributed by atoms with Crippen LogP contribution in [0.4, 0.5) is 0 Å². The Bertz CT molecular complexity index is 200. The van der Waals surface area contributed by atoms with Crippen LogP contribution in [0.15, 0.2) is 25.2 Å². The normalized spacial score (nSPS) is 16.5. The fourth-order valence-electron chi connectivity index (χ4n) is 1.43. The van der Waals surface area contributed by atoms with E-state index in [0.29, 0.717) is 5.82 Å². The molecule has 0 radical (unpaired) electrons. The summed E-state index contributed by atoms with van der Waals surface area (Å²) in [7, 11) is 0. The first kappa shape index (κ1) is 14.0. The summed E-state index contributed by atoms with van der Waals surface area (Å²) in [6.07, 6.45) is 1.71. The maximum absolute atomic E-state index is 5.58. The average molecular weight is 213 g/mol. The standard InChI is InChI=1S/C10H19N3O.CH4/c1-3-13(10(2)11)5-4-12-6-8-14-9-7-12;/h3H,1-2,4-9,11H2;1H4. The summed E-state index contributed by atoms with van der Waals surface area (Å²) in [6.45, 7) is 12.9. The van der Waals surface area contributed by atoms with E-state index in [4.69, 9.17) is 10.5 Å². The Kier molecular flexibility index (Phi) is 6.83. The third kappa shape index (κ3) is 4.85. The van der Waals surface area contributed by atoms with Gasteiger partial charge in [0.25, 0.3) is 0 Å². The zero-order valence-corrected chi connectivity index (χ0v) is 8.61. The second-order valence-electron chi connectivity index (χ2n) is 3.32. The minimum Gasteiger partial charge on any atom is -0.386 e. The molecule has 0 bridgehead atoms. The molecule has 4 nitrogen and oxygen atoms in total. The molecule has 1 fully saturated rings. The molecule has 0 amide bonds. The minimum atomic E-state index is 0. The molecule has 1 aliphatic rings. The number of hydrogen-bond acceptors (Lipinski definition) is 4. The Hall–Kier alpha value is -1.00. The van der Waals surface area contributed by atoms with Gasteiger partial charge in [0.2, 0.25) is 0 Å². The third-order valence-corrected chi connectivity index (χ3v) is 2.35. The smallest absolute Gasteiger partial charge is 0.0952 e. The molecule has 0 atom stereocenters. The van der Waals surface area contributed by atoms with Gasteiger partial charge in [-0.05, 0) is 6.20 Å². The number of nitrogens with zero attached hydrogens (tertiary/aromatic N) is 2. The Morgan fingerprint density at radius 3 is 2.53 bits per heavy atom. The van der Waals surface area contributed by atoms with E-state index in [9.17, 15) is 0 Å². The molecule has 88 valence electrons. The monoisotopic (exact) mass is 213 g/mol. The molecular weight excluding hydrogens is 190 g/mol. The Morgan fingerprint density at radius 2 is 2.07 bits per heavy atom. The first-order chi connectivity index (χ1) is 6.74. The van der Waals surface area contributed by atoms with Crippen molar-refractivity contribution in [3.8, 4) is 0 Å². The lowest BCUT2D eigenvalue weighted by molar-refractivity contribution is 0.0361. The van der Waals surface area contributed by atoms with Gasteiger partial charge in [0.1, 0.15) is 0 Å². The summed E-state index contributed by atoms with van der Waals surface area (Å²) >= 11 is 0. The van der Waals surface area contributed by atoms with Crippen LogP contribution in [-0.4, -0.2) is 49.2 Å². The molecule has 0 aromatic rings. The van der Waals surface area contributed by atoms with E-state index in [1.165, 1.54) is 0 Å². The van der Waals surface area contributed by atoms with Gasteiger partial charge in [0, 0.05) is 26.2 Å². The fourth-order valence-corrected chi connectivity index (χ4v) is 1.43. The molecule has 2 N–H and O–H groups in total. The predicted octanol–water partition coefficient (Wildman–Crippen LogP) is 0.830. The Labute approximate surface area is 93.0 Å². The van der Waals surface area contributed by atoms with Crippen molar-refractivity contribution in [2.75, 3.05) is 39.4 Å². The van der Waals surface area contributed by atoms with Crippen LogP contribution in [0.25, 0.3) is 0 Å². The lowest BCUT2D eigenvalue weighted by Gasteiger charge is -2.29. The van der Waals surface area contributed by atoms with E-state index in [1.807, 2.05) is 4.90 Å². The molecule has 0 aliphatic carbocycles. The van der Waals surface area contributed by atoms with Gasteiger partial charge >= 0.3 is 0 Å². The number of ether oxygens (including phenoxy) is 1. The highest BCUT2D eigenvalue weighted by Crippen LogP contribution is 1.99. The first-order valence-corrected chi connectivity index (χ1v) is 4.87. The zero-order valence-electron chi connectivity index (χ0n) is 8.61. The highest BCUT2D eigenvalue weighted by Gasteiger charge is 2.10. The summed E-state index contributed by atoms with van der Waals surface area (Å²) in [5, 5.41) is 0. The molecule has 0 unspecified atom stereocenters. The molecule has 0 saturated carbocycles. The molecule has 4 heteroatoms. The third-order valence-electron chi connectivity index (χ3n) is 2.35. The summed E-state index contributed by atoms with van der Waals surface area (Å²) in [4.78, 5) is 4.21. The van der Waals surface area contributed by atoms with E-state index in [0.717, 1.165) is 39.4 Å². The topological polar surface area (TPSA) is 41.7 Å². The van der Waals surface area contributed by atoms with Crippen LogP contribution < -0.4 is 5.73 Å². The van der Waals surface area contributed by atoms with Gasteiger partial charge in [-0.2, -0.15) is 0 Å². The summed E-state index contributed by atoms with van der Waals surface area (Å²) in [5.74, 6) is 0.549. The average Bonchev–Trinajstić information content (AvgIpc) is 2.20. The van der Waals surface area contributed by atoms with E-state index in [2.05, 4.69) is 18.1 Å². The van der Waals surface area contributed by atoms with Gasteiger partial charge in [-0.1, -0.05) is 20.6 Å². The van der Waals surface area contributed by atoms with E-state index in [-0.39, 0.29) is 7.43 Å². The van der Waals surface area contributed by atoms with Gasteiger partial charge in [0.05, 0.1) is 19.0 Å². The van der Waals surface area contributed by atoms with Crippen molar-refractivity contribution in [2.24, 2.45) is 5.73 Å². The lowest BCUT2D eigenvalue weighted by Crippen LogP contribution is -2.40. The molecule has 0 aromatic carbocycles. The summed E-state index contributed by atoms with van der Waals surface area (Å²) in [5.41, 5.74) is 5.58. The van der Waals surface area contributed by atoms with Crippen LogP contribution in [0.3, 0.4) is 0 Å². The Balaban J connectivity index is 0.00000196. The van der Waals surface area contributed by atoms with Gasteiger partial charge in [-0.15, -0.1) is 0 Å². The summed E-state index contributed by atoms with van der Waals surface area (Å²) < 4.78 is 5.26. The molecule has 0 aromatic heterocycles. The number of nitrogens with two attached hydrogens (primary N) is 1. The van der Waals surface area contributed by atoms with Crippen LogP contribution in [0.1, 0.15) is 7.43 Å². The maximum Gasteiger partial charge on any atom is 0.0952 e. The van der Waals surface area contributed by atoms with Crippen LogP contribution in [0.2, 0.25) is 0 Å². The van der Waals surface area contributed by atoms with E-state index in [1.54, 1.807) is 6.20 Å². The van der Waals surface area contributed by atoms with Crippen molar-refractivity contribution in [3.63, 3.8) is 0 Å². The molecule has 0 spiro atoms. The van der Waals surface area contributed by atoms with Crippen LogP contribution in [0, 0.1) is 0 Å². The SMILES string of the molecule is C.C=CN(CCN1CCOCC1)C(=C)N. The molecule has 1 saturated heterocycles. The second-order valence-corrected chi connectivity index (χ2v) is 3.32. The highest BCUT2D eigenvalue weighted by molar-refractivity contribution is 4.92. The second kappa shape index (κ2) is 7.31. The molecular formula is C11H23N3O. The van der Waals surface area contributed by atoms with Crippen molar-refractivity contribution in [3.05, 3.63) is 25.2 Å². The van der Waals surface area contributed by atoms with E-state index >= 15 is 0 Å². The number of morpholine rings is 1. The molecule has 1 rings (SSSR count). The largest absolute Gasteiger partial charge is 0.386 e. The molecule has 15 heavy (non-hydrogen) atoms. The minimum absolute atomic E-state index is 0. The van der Waals surface area contributed by atoms with Crippen molar-refractivity contribution < 1.29 is 4.74 Å². The van der Waals surface area contributed by atoms with Gasteiger partial charge in [-0.3, -0.25) is 4.90 Å². The van der Waals surface area contributed by atoms with Crippen molar-refractivity contribution in [1.29, 1.82) is 0 Å². The molecule has 1 heterocycles. The first-order valence-electron chi connectivity index (χ1n) is 4.87. The fraction of sp³-hybridized carbons (Fsp3) is 0.636. The van der Waals surface area contributed by atoms with Crippen LogP contribution in [-0.2, 0) is 4.74 Å². The lowest BCUT2D eigenvalue weighted by atomic mass is 10.4. The van der Waals surface area contributed by atoms with Gasteiger partial charge in [0.15, 0.2) is 0 Å². The van der Waals surface area contributed by atoms with Crippen molar-refractivity contribution in [2.45, 2.75) is 7.43 Å². The maximum atomic E-state index is 5.58. The summed E-state index contributed by atoms with van der Waals surface area (Å²) in [6, 6.07) is 0. The van der Waals surface area contributed by atoms with Gasteiger partial charge < -0.3 is 15.4 Å². The van der Waals surface area contributed by atoms with Crippen molar-refractivity contribution >= 4 is 0 Å². The predicted molar refractivity (Wildman–Crippen MR) is 64.2 cm³/mol. The van der Waals surface area contributed by atoms with Crippen LogP contribution in [0.5, 0.6) is 0 Å². The van der Waals surface area contributed by atoms with E-state index < -0.39 is 0 Å². The number of hydrogen-bond donors (Lipinski definition) is 1. The van der Waals surface area contributed by atoms with Crippen molar-refractivity contribution in [1.82, 2.24) is 9.80 Å². The Morgan fingerprint density at radius 1 is 1.47 bits per heavy atom. The molecule has 1 aliphatic heterocycles. The highest BCUT2D eigenvalue weighted by atomic mass is 16.5.